The topological polar surface area (TPSA) is 81.1 Å². The van der Waals surface area contributed by atoms with Crippen molar-refractivity contribution < 1.29 is 9.53 Å². The molecule has 1 fully saturated rings. The zero-order valence-corrected chi connectivity index (χ0v) is 22.3. The molecular weight excluding hydrogens is 474 g/mol. The summed E-state index contributed by atoms with van der Waals surface area (Å²) in [5.74, 6) is 1.70. The van der Waals surface area contributed by atoms with Crippen molar-refractivity contribution in [1.82, 2.24) is 19.9 Å². The number of fused-ring (bicyclic) bond motifs is 5. The zero-order valence-electron chi connectivity index (χ0n) is 22.3. The van der Waals surface area contributed by atoms with Crippen LogP contribution in [0.25, 0.3) is 28.3 Å². The lowest BCUT2D eigenvalue weighted by Gasteiger charge is -2.43. The lowest BCUT2D eigenvalue weighted by atomic mass is 9.71. The molecule has 7 heteroatoms. The fourth-order valence-corrected chi connectivity index (χ4v) is 5.47. The fraction of sp³-hybridized carbons (Fsp3) is 0.323. The van der Waals surface area contributed by atoms with Gasteiger partial charge in [0.15, 0.2) is 5.82 Å². The molecule has 2 aromatic carbocycles. The summed E-state index contributed by atoms with van der Waals surface area (Å²) in [5, 5.41) is 6.67. The third-order valence-corrected chi connectivity index (χ3v) is 7.39. The maximum atomic E-state index is 12.6. The number of aromatic nitrogens is 3. The lowest BCUT2D eigenvalue weighted by molar-refractivity contribution is 0.0377. The molecule has 1 aliphatic heterocycles. The summed E-state index contributed by atoms with van der Waals surface area (Å²) in [6.45, 7) is 7.80. The van der Waals surface area contributed by atoms with Crippen LogP contribution in [0.1, 0.15) is 58.2 Å². The summed E-state index contributed by atoms with van der Waals surface area (Å²) in [6, 6.07) is 20.8. The van der Waals surface area contributed by atoms with E-state index < -0.39 is 5.60 Å². The molecule has 0 saturated heterocycles. The number of amides is 1. The second kappa shape index (κ2) is 9.01. The van der Waals surface area contributed by atoms with E-state index in [4.69, 9.17) is 9.72 Å². The average molecular weight is 508 g/mol. The van der Waals surface area contributed by atoms with Crippen LogP contribution in [0, 0.1) is 0 Å². The second-order valence-corrected chi connectivity index (χ2v) is 11.1. The molecule has 2 aliphatic rings. The Morgan fingerprint density at radius 2 is 1.84 bits per heavy atom. The minimum Gasteiger partial charge on any atom is -0.444 e. The third kappa shape index (κ3) is 4.12. The summed E-state index contributed by atoms with van der Waals surface area (Å²) in [5.41, 5.74) is 6.34. The number of alkyl carbamates (subject to hydrolysis) is 1. The molecule has 1 amide bonds. The van der Waals surface area contributed by atoms with Gasteiger partial charge in [0, 0.05) is 17.3 Å². The van der Waals surface area contributed by atoms with Gasteiger partial charge in [-0.1, -0.05) is 43.3 Å². The van der Waals surface area contributed by atoms with E-state index in [0.29, 0.717) is 0 Å². The monoisotopic (exact) mass is 507 g/mol. The quantitative estimate of drug-likeness (QED) is 0.271. The molecule has 2 aromatic heterocycles. The molecule has 0 radical (unpaired) electrons. The van der Waals surface area contributed by atoms with Crippen LogP contribution >= 0.6 is 0 Å². The molecule has 0 bridgehead atoms. The van der Waals surface area contributed by atoms with Crippen LogP contribution in [-0.2, 0) is 16.7 Å². The minimum absolute atomic E-state index is 0.370. The first kappa shape index (κ1) is 24.2. The van der Waals surface area contributed by atoms with E-state index >= 15 is 0 Å². The Labute approximate surface area is 223 Å². The summed E-state index contributed by atoms with van der Waals surface area (Å²) >= 11 is 0. The maximum absolute atomic E-state index is 12.6. The lowest BCUT2D eigenvalue weighted by Crippen LogP contribution is -2.52. The van der Waals surface area contributed by atoms with Gasteiger partial charge in [0.1, 0.15) is 11.4 Å². The van der Waals surface area contributed by atoms with E-state index in [0.717, 1.165) is 76.8 Å². The molecule has 4 aromatic rings. The van der Waals surface area contributed by atoms with Crippen LogP contribution in [-0.4, -0.2) is 26.2 Å². The predicted octanol–water partition coefficient (Wildman–Crippen LogP) is 7.12. The van der Waals surface area contributed by atoms with E-state index in [-0.39, 0.29) is 11.6 Å². The van der Waals surface area contributed by atoms with Gasteiger partial charge in [0.2, 0.25) is 0 Å². The van der Waals surface area contributed by atoms with Crippen molar-refractivity contribution in [3.8, 4) is 28.3 Å². The molecule has 0 unspecified atom stereocenters. The number of nitrogens with one attached hydrogen (secondary N) is 2. The molecule has 1 aliphatic carbocycles. The number of para-hydroxylation sites is 1. The third-order valence-electron chi connectivity index (χ3n) is 7.39. The summed E-state index contributed by atoms with van der Waals surface area (Å²) in [4.78, 5) is 22.4. The first-order valence-electron chi connectivity index (χ1n) is 13.3. The summed E-state index contributed by atoms with van der Waals surface area (Å²) in [7, 11) is 0. The minimum atomic E-state index is -0.534. The normalized spacial score (nSPS) is 15.2. The second-order valence-electron chi connectivity index (χ2n) is 11.1. The van der Waals surface area contributed by atoms with Gasteiger partial charge in [-0.25, -0.2) is 14.8 Å². The van der Waals surface area contributed by atoms with Crippen molar-refractivity contribution in [1.29, 1.82) is 0 Å². The van der Waals surface area contributed by atoms with Gasteiger partial charge in [0.25, 0.3) is 0 Å². The van der Waals surface area contributed by atoms with Crippen molar-refractivity contribution in [3.63, 3.8) is 0 Å². The van der Waals surface area contributed by atoms with E-state index in [1.54, 1.807) is 6.20 Å². The number of rotatable bonds is 4. The molecule has 2 N–H and O–H groups in total. The first-order chi connectivity index (χ1) is 18.3. The number of imidazole rings is 1. The molecule has 0 spiro atoms. The van der Waals surface area contributed by atoms with Crippen molar-refractivity contribution in [2.75, 3.05) is 5.32 Å². The number of ether oxygens (including phenoxy) is 1. The summed E-state index contributed by atoms with van der Waals surface area (Å²) in [6.07, 6.45) is 5.11. The number of aryl methyl sites for hydroxylation is 1. The Morgan fingerprint density at radius 1 is 1.08 bits per heavy atom. The van der Waals surface area contributed by atoms with E-state index in [1.807, 2.05) is 39.0 Å². The Balaban J connectivity index is 1.43. The number of benzene rings is 2. The van der Waals surface area contributed by atoms with Crippen molar-refractivity contribution >= 4 is 17.6 Å². The molecule has 38 heavy (non-hydrogen) atoms. The van der Waals surface area contributed by atoms with Crippen LogP contribution in [0.4, 0.5) is 16.3 Å². The number of carbonyl (C=O) groups excluding carboxylic acids is 1. The molecular formula is C31H33N5O2. The number of hydrogen-bond acceptors (Lipinski definition) is 5. The van der Waals surface area contributed by atoms with Crippen LogP contribution in [0.5, 0.6) is 0 Å². The van der Waals surface area contributed by atoms with E-state index in [2.05, 4.69) is 69.6 Å². The Morgan fingerprint density at radius 3 is 2.53 bits per heavy atom. The van der Waals surface area contributed by atoms with Gasteiger partial charge in [-0.2, -0.15) is 0 Å². The highest BCUT2D eigenvalue weighted by molar-refractivity contribution is 5.86. The highest BCUT2D eigenvalue weighted by atomic mass is 16.6. The van der Waals surface area contributed by atoms with Gasteiger partial charge in [-0.3, -0.25) is 4.57 Å². The largest absolute Gasteiger partial charge is 0.444 e. The number of pyridine rings is 1. The highest BCUT2D eigenvalue weighted by Crippen LogP contribution is 2.44. The van der Waals surface area contributed by atoms with Crippen molar-refractivity contribution in [3.05, 3.63) is 78.1 Å². The Hall–Kier alpha value is -4.13. The Bertz CT molecular complexity index is 1510. The van der Waals surface area contributed by atoms with Crippen LogP contribution in [0.15, 0.2) is 66.9 Å². The number of anilines is 2. The predicted molar refractivity (Wildman–Crippen MR) is 150 cm³/mol. The average Bonchev–Trinajstić information content (AvgIpc) is 3.19. The maximum Gasteiger partial charge on any atom is 0.408 e. The molecule has 6 rings (SSSR count). The Kier molecular flexibility index (Phi) is 5.74. The standard InChI is InChI=1S/C31H33N5O2/c1-5-23-26(20-13-15-21(16-14-20)31(17-9-18-31)35-29(37)38-30(2,3)4)36-25-12-8-19-32-27(25)33-24-11-7-6-10-22(24)28(36)34-23/h6-8,10-16,19H,5,9,17-18H2,1-4H3,(H,32,33)(H,35,37). The van der Waals surface area contributed by atoms with Crippen molar-refractivity contribution in [2.45, 2.75) is 64.5 Å². The van der Waals surface area contributed by atoms with Gasteiger partial charge < -0.3 is 15.4 Å². The number of carbonyl (C=O) groups is 1. The van der Waals surface area contributed by atoms with Gasteiger partial charge >= 0.3 is 6.09 Å². The highest BCUT2D eigenvalue weighted by Gasteiger charge is 2.41. The zero-order chi connectivity index (χ0) is 26.5. The van der Waals surface area contributed by atoms with Gasteiger partial charge in [-0.15, -0.1) is 0 Å². The van der Waals surface area contributed by atoms with E-state index in [9.17, 15) is 4.79 Å². The van der Waals surface area contributed by atoms with Gasteiger partial charge in [-0.05, 0) is 76.3 Å². The van der Waals surface area contributed by atoms with Crippen LogP contribution in [0.3, 0.4) is 0 Å². The molecule has 1 saturated carbocycles. The number of hydrogen-bond donors (Lipinski definition) is 2. The molecule has 7 nitrogen and oxygen atoms in total. The number of nitrogens with zero attached hydrogens (tertiary/aromatic N) is 3. The fourth-order valence-electron chi connectivity index (χ4n) is 5.47. The molecule has 0 atom stereocenters. The van der Waals surface area contributed by atoms with E-state index in [1.165, 1.54) is 0 Å². The smallest absolute Gasteiger partial charge is 0.408 e. The first-order valence-corrected chi connectivity index (χ1v) is 13.3. The van der Waals surface area contributed by atoms with Gasteiger partial charge in [0.05, 0.1) is 28.3 Å². The SMILES string of the molecule is CCc1nc2n(c1-c1ccc(C3(NC(=O)OC(C)(C)C)CCC3)cc1)-c1cccnc1Nc1ccccc1-2. The summed E-state index contributed by atoms with van der Waals surface area (Å²) < 4.78 is 7.80. The van der Waals surface area contributed by atoms with Crippen LogP contribution < -0.4 is 10.6 Å². The van der Waals surface area contributed by atoms with Crippen molar-refractivity contribution in [2.24, 2.45) is 0 Å². The van der Waals surface area contributed by atoms with Crippen LogP contribution in [0.2, 0.25) is 0 Å². The molecule has 194 valence electrons. The molecule has 3 heterocycles.